The number of carbonyl (C=O) groups excluding carboxylic acids is 2. The number of rotatable bonds is 7. The van der Waals surface area contributed by atoms with Gasteiger partial charge in [-0.15, -0.1) is 0 Å². The van der Waals surface area contributed by atoms with Crippen molar-refractivity contribution in [3.05, 3.63) is 101 Å². The first kappa shape index (κ1) is 25.8. The number of ether oxygens (including phenoxy) is 2. The van der Waals surface area contributed by atoms with E-state index in [2.05, 4.69) is 15.8 Å². The average molecular weight is 524 g/mol. The van der Waals surface area contributed by atoms with Crippen molar-refractivity contribution in [2.75, 3.05) is 19.5 Å². The summed E-state index contributed by atoms with van der Waals surface area (Å²) in [5.41, 5.74) is 7.89. The summed E-state index contributed by atoms with van der Waals surface area (Å²) in [6.07, 6.45) is 2.14. The van der Waals surface area contributed by atoms with Gasteiger partial charge in [0.2, 0.25) is 0 Å². The normalized spacial score (nSPS) is 13.5. The zero-order chi connectivity index (χ0) is 27.4. The van der Waals surface area contributed by atoms with Crippen molar-refractivity contribution >= 4 is 23.2 Å². The number of fused-ring (bicyclic) bond motifs is 1. The fraction of sp³-hybridized carbons (Fsp3) is 0.194. The van der Waals surface area contributed by atoms with Gasteiger partial charge in [0.05, 0.1) is 25.6 Å². The van der Waals surface area contributed by atoms with Crippen molar-refractivity contribution in [1.82, 2.24) is 5.43 Å². The van der Waals surface area contributed by atoms with E-state index in [0.717, 1.165) is 23.1 Å². The van der Waals surface area contributed by atoms with Crippen LogP contribution in [0.25, 0.3) is 11.1 Å². The highest BCUT2D eigenvalue weighted by atomic mass is 16.5. The van der Waals surface area contributed by atoms with Gasteiger partial charge in [-0.25, -0.2) is 5.43 Å². The maximum absolute atomic E-state index is 13.2. The summed E-state index contributed by atoms with van der Waals surface area (Å²) in [5.74, 6) is 1.25. The number of anilines is 1. The largest absolute Gasteiger partial charge is 0.497 e. The van der Waals surface area contributed by atoms with Crippen molar-refractivity contribution < 1.29 is 23.5 Å². The number of hydrogen-bond acceptors (Lipinski definition) is 6. The molecule has 0 saturated carbocycles. The van der Waals surface area contributed by atoms with Gasteiger partial charge in [0, 0.05) is 29.2 Å². The molecule has 3 aromatic carbocycles. The minimum atomic E-state index is -0.407. The molecule has 1 heterocycles. The zero-order valence-electron chi connectivity index (χ0n) is 22.0. The second-order valence-electron chi connectivity index (χ2n) is 9.17. The number of amides is 2. The van der Waals surface area contributed by atoms with E-state index in [1.807, 2.05) is 49.4 Å². The van der Waals surface area contributed by atoms with Gasteiger partial charge in [-0.3, -0.25) is 9.59 Å². The summed E-state index contributed by atoms with van der Waals surface area (Å²) in [6.45, 7) is 1.82. The van der Waals surface area contributed by atoms with Crippen molar-refractivity contribution in [3.8, 4) is 22.6 Å². The fourth-order valence-corrected chi connectivity index (χ4v) is 4.71. The molecule has 2 amide bonds. The first-order valence-electron chi connectivity index (χ1n) is 12.7. The van der Waals surface area contributed by atoms with E-state index in [1.165, 1.54) is 7.11 Å². The van der Waals surface area contributed by atoms with Gasteiger partial charge in [0.1, 0.15) is 17.3 Å². The number of hydrogen-bond donors (Lipinski definition) is 2. The van der Waals surface area contributed by atoms with Crippen molar-refractivity contribution in [2.45, 2.75) is 26.2 Å². The number of carbonyl (C=O) groups is 2. The number of nitrogens with one attached hydrogen (secondary N) is 2. The highest BCUT2D eigenvalue weighted by molar-refractivity contribution is 6.10. The molecular weight excluding hydrogens is 494 g/mol. The van der Waals surface area contributed by atoms with E-state index in [0.29, 0.717) is 52.6 Å². The minimum Gasteiger partial charge on any atom is -0.497 e. The number of methoxy groups -OCH3 is 2. The maximum atomic E-state index is 13.2. The molecule has 0 unspecified atom stereocenters. The van der Waals surface area contributed by atoms with Crippen LogP contribution in [0.1, 0.15) is 50.6 Å². The molecule has 4 aromatic rings. The Hall–Kier alpha value is -4.85. The van der Waals surface area contributed by atoms with Crippen molar-refractivity contribution in [2.24, 2.45) is 5.10 Å². The minimum absolute atomic E-state index is 0.197. The van der Waals surface area contributed by atoms with E-state index >= 15 is 0 Å². The second-order valence-corrected chi connectivity index (χ2v) is 9.17. The van der Waals surface area contributed by atoms with E-state index in [1.54, 1.807) is 37.4 Å². The van der Waals surface area contributed by atoms with Crippen LogP contribution in [-0.2, 0) is 6.42 Å². The Balaban J connectivity index is 1.34. The maximum Gasteiger partial charge on any atom is 0.291 e. The van der Waals surface area contributed by atoms with Crippen LogP contribution < -0.4 is 20.2 Å². The molecule has 5 rings (SSSR count). The van der Waals surface area contributed by atoms with Crippen molar-refractivity contribution in [1.29, 1.82) is 0 Å². The van der Waals surface area contributed by atoms with E-state index in [9.17, 15) is 9.59 Å². The molecule has 8 nitrogen and oxygen atoms in total. The Morgan fingerprint density at radius 1 is 0.872 bits per heavy atom. The first-order chi connectivity index (χ1) is 19.0. The summed E-state index contributed by atoms with van der Waals surface area (Å²) >= 11 is 0. The van der Waals surface area contributed by atoms with Crippen LogP contribution in [0.4, 0.5) is 5.69 Å². The molecule has 8 heteroatoms. The molecule has 39 heavy (non-hydrogen) atoms. The third-order valence-electron chi connectivity index (χ3n) is 6.73. The molecule has 0 atom stereocenters. The molecule has 0 bridgehead atoms. The zero-order valence-corrected chi connectivity index (χ0v) is 22.0. The van der Waals surface area contributed by atoms with E-state index in [-0.39, 0.29) is 11.7 Å². The van der Waals surface area contributed by atoms with Gasteiger partial charge < -0.3 is 19.2 Å². The van der Waals surface area contributed by atoms with Gasteiger partial charge in [0.25, 0.3) is 11.8 Å². The fourth-order valence-electron chi connectivity index (χ4n) is 4.71. The lowest BCUT2D eigenvalue weighted by molar-refractivity contribution is 0.0953. The Morgan fingerprint density at radius 2 is 1.62 bits per heavy atom. The summed E-state index contributed by atoms with van der Waals surface area (Å²) in [6, 6.07) is 22.5. The number of hydrazone groups is 1. The summed E-state index contributed by atoms with van der Waals surface area (Å²) in [4.78, 5) is 26.0. The molecule has 1 aliphatic carbocycles. The van der Waals surface area contributed by atoms with Crippen LogP contribution in [0.5, 0.6) is 11.5 Å². The molecule has 1 aliphatic rings. The quantitative estimate of drug-likeness (QED) is 0.290. The van der Waals surface area contributed by atoms with E-state index in [4.69, 9.17) is 13.9 Å². The van der Waals surface area contributed by atoms with Crippen LogP contribution in [0.15, 0.2) is 82.3 Å². The number of nitrogens with zero attached hydrogens (tertiary/aromatic N) is 1. The number of aryl methyl sites for hydroxylation is 1. The van der Waals surface area contributed by atoms with Gasteiger partial charge in [0.15, 0.2) is 5.76 Å². The molecule has 1 aromatic heterocycles. The predicted molar refractivity (Wildman–Crippen MR) is 150 cm³/mol. The molecule has 0 radical (unpaired) electrons. The monoisotopic (exact) mass is 523 g/mol. The van der Waals surface area contributed by atoms with Gasteiger partial charge in [-0.05, 0) is 55.2 Å². The standard InChI is InChI=1S/C31H29N3O5/c1-19-28-24(33-34-30(35)22-14-12-21(13-15-22)20-8-5-4-6-9-20)10-7-11-27(28)39-29(19)31(36)32-25-18-23(37-2)16-17-26(25)38-3/h4-6,8-9,12-18H,7,10-11H2,1-3H3,(H,32,36)(H,34,35)/b33-24+. The molecule has 0 fully saturated rings. The Labute approximate surface area is 226 Å². The second kappa shape index (κ2) is 11.3. The number of benzene rings is 3. The predicted octanol–water partition coefficient (Wildman–Crippen LogP) is 5.99. The molecule has 0 saturated heterocycles. The van der Waals surface area contributed by atoms with Crippen LogP contribution in [-0.4, -0.2) is 31.7 Å². The lowest BCUT2D eigenvalue weighted by atomic mass is 9.93. The lowest BCUT2D eigenvalue weighted by Gasteiger charge is -2.13. The SMILES string of the molecule is COc1ccc(OC)c(NC(=O)c2oc3c(c2C)/C(=N/NC(=O)c2ccc(-c4ccccc4)cc2)CCC3)c1. The van der Waals surface area contributed by atoms with Gasteiger partial charge >= 0.3 is 0 Å². The van der Waals surface area contributed by atoms with Crippen LogP contribution in [0.3, 0.4) is 0 Å². The summed E-state index contributed by atoms with van der Waals surface area (Å²) in [5, 5.41) is 7.30. The average Bonchev–Trinajstić information content (AvgIpc) is 3.33. The third-order valence-corrected chi connectivity index (χ3v) is 6.73. The highest BCUT2D eigenvalue weighted by Crippen LogP contribution is 2.33. The molecular formula is C31H29N3O5. The van der Waals surface area contributed by atoms with Gasteiger partial charge in [-0.1, -0.05) is 42.5 Å². The molecule has 198 valence electrons. The Bertz CT molecular complexity index is 1540. The molecule has 0 aliphatic heterocycles. The third kappa shape index (κ3) is 5.40. The van der Waals surface area contributed by atoms with Crippen LogP contribution in [0, 0.1) is 6.92 Å². The first-order valence-corrected chi connectivity index (χ1v) is 12.7. The number of furan rings is 1. The van der Waals surface area contributed by atoms with Crippen LogP contribution in [0.2, 0.25) is 0 Å². The Morgan fingerprint density at radius 3 is 2.33 bits per heavy atom. The molecule has 2 N–H and O–H groups in total. The van der Waals surface area contributed by atoms with E-state index < -0.39 is 5.91 Å². The van der Waals surface area contributed by atoms with Gasteiger partial charge in [-0.2, -0.15) is 5.10 Å². The van der Waals surface area contributed by atoms with Crippen LogP contribution >= 0.6 is 0 Å². The topological polar surface area (TPSA) is 102 Å². The molecule has 0 spiro atoms. The Kier molecular flexibility index (Phi) is 7.45. The highest BCUT2D eigenvalue weighted by Gasteiger charge is 2.28. The summed E-state index contributed by atoms with van der Waals surface area (Å²) in [7, 11) is 3.08. The summed E-state index contributed by atoms with van der Waals surface area (Å²) < 4.78 is 16.6. The van der Waals surface area contributed by atoms with Crippen molar-refractivity contribution in [3.63, 3.8) is 0 Å². The lowest BCUT2D eigenvalue weighted by Crippen LogP contribution is -2.22. The smallest absolute Gasteiger partial charge is 0.291 e.